The molecular weight excluding hydrogens is 250 g/mol. The Labute approximate surface area is 110 Å². The molecule has 0 fully saturated rings. The lowest BCUT2D eigenvalue weighted by molar-refractivity contribution is 0.100. The summed E-state index contributed by atoms with van der Waals surface area (Å²) in [5, 5.41) is 3.45. The van der Waals surface area contributed by atoms with Crippen LogP contribution >= 0.6 is 11.6 Å². The van der Waals surface area contributed by atoms with E-state index in [-0.39, 0.29) is 0 Å². The number of benzene rings is 2. The van der Waals surface area contributed by atoms with Crippen molar-refractivity contribution in [2.75, 3.05) is 11.1 Å². The van der Waals surface area contributed by atoms with Crippen LogP contribution in [0.2, 0.25) is 5.02 Å². The quantitative estimate of drug-likeness (QED) is 0.743. The van der Waals surface area contributed by atoms with Gasteiger partial charge in [-0.25, -0.2) is 0 Å². The molecule has 0 aliphatic heterocycles. The zero-order chi connectivity index (χ0) is 13.1. The van der Waals surface area contributed by atoms with Gasteiger partial charge in [0.2, 0.25) is 5.91 Å². The highest BCUT2D eigenvalue weighted by Gasteiger charge is 2.07. The molecule has 92 valence electrons. The highest BCUT2D eigenvalue weighted by Crippen LogP contribution is 2.24. The molecule has 2 rings (SSSR count). The number of halogens is 1. The minimum atomic E-state index is -0.546. The van der Waals surface area contributed by atoms with Crippen molar-refractivity contribution < 1.29 is 4.79 Å². The zero-order valence-electron chi connectivity index (χ0n) is 9.48. The zero-order valence-corrected chi connectivity index (χ0v) is 10.2. The first kappa shape index (κ1) is 12.3. The average Bonchev–Trinajstić information content (AvgIpc) is 2.28. The SMILES string of the molecule is NC(=O)c1ccc(Nc2cccc(N)c2)cc1Cl. The Balaban J connectivity index is 2.25. The Morgan fingerprint density at radius 3 is 2.44 bits per heavy atom. The van der Waals surface area contributed by atoms with Crippen molar-refractivity contribution in [2.45, 2.75) is 0 Å². The number of carbonyl (C=O) groups is 1. The maximum atomic E-state index is 11.0. The van der Waals surface area contributed by atoms with E-state index in [2.05, 4.69) is 5.32 Å². The van der Waals surface area contributed by atoms with Crippen LogP contribution in [0, 0.1) is 0 Å². The van der Waals surface area contributed by atoms with E-state index in [4.69, 9.17) is 23.1 Å². The molecule has 0 heterocycles. The van der Waals surface area contributed by atoms with E-state index < -0.39 is 5.91 Å². The minimum Gasteiger partial charge on any atom is -0.399 e. The van der Waals surface area contributed by atoms with Gasteiger partial charge in [0, 0.05) is 17.1 Å². The first-order chi connectivity index (χ1) is 8.56. The molecule has 5 N–H and O–H groups in total. The summed E-state index contributed by atoms with van der Waals surface area (Å²) in [5.74, 6) is -0.546. The standard InChI is InChI=1S/C13H12ClN3O/c14-12-7-10(4-5-11(12)13(16)18)17-9-3-1-2-8(15)6-9/h1-7,17H,15H2,(H2,16,18). The van der Waals surface area contributed by atoms with Crippen molar-refractivity contribution in [1.82, 2.24) is 0 Å². The number of anilines is 3. The molecule has 0 aliphatic carbocycles. The molecule has 18 heavy (non-hydrogen) atoms. The summed E-state index contributed by atoms with van der Waals surface area (Å²) in [5.41, 5.74) is 13.4. The van der Waals surface area contributed by atoms with Crippen LogP contribution in [0.25, 0.3) is 0 Å². The highest BCUT2D eigenvalue weighted by molar-refractivity contribution is 6.34. The van der Waals surface area contributed by atoms with Gasteiger partial charge in [-0.2, -0.15) is 0 Å². The number of carbonyl (C=O) groups excluding carboxylic acids is 1. The van der Waals surface area contributed by atoms with Crippen molar-refractivity contribution in [3.05, 3.63) is 53.1 Å². The van der Waals surface area contributed by atoms with Crippen LogP contribution < -0.4 is 16.8 Å². The molecule has 0 unspecified atom stereocenters. The molecular formula is C13H12ClN3O. The molecule has 1 amide bonds. The second kappa shape index (κ2) is 4.98. The molecule has 0 saturated carbocycles. The number of rotatable bonds is 3. The van der Waals surface area contributed by atoms with Crippen LogP contribution in [0.4, 0.5) is 17.1 Å². The molecule has 2 aromatic rings. The van der Waals surface area contributed by atoms with E-state index in [1.165, 1.54) is 0 Å². The largest absolute Gasteiger partial charge is 0.399 e. The van der Waals surface area contributed by atoms with Gasteiger partial charge in [-0.1, -0.05) is 17.7 Å². The van der Waals surface area contributed by atoms with Crippen molar-refractivity contribution >= 4 is 34.6 Å². The third kappa shape index (κ3) is 2.73. The van der Waals surface area contributed by atoms with E-state index >= 15 is 0 Å². The predicted molar refractivity (Wildman–Crippen MR) is 74.1 cm³/mol. The van der Waals surface area contributed by atoms with E-state index in [9.17, 15) is 4.79 Å². The molecule has 0 spiro atoms. The van der Waals surface area contributed by atoms with E-state index in [1.807, 2.05) is 12.1 Å². The lowest BCUT2D eigenvalue weighted by Gasteiger charge is -2.08. The highest BCUT2D eigenvalue weighted by atomic mass is 35.5. The Kier molecular flexibility index (Phi) is 3.39. The molecule has 0 aliphatic rings. The van der Waals surface area contributed by atoms with Gasteiger partial charge in [-0.05, 0) is 36.4 Å². The Hall–Kier alpha value is -2.20. The third-order valence-electron chi connectivity index (χ3n) is 2.41. The molecule has 0 aromatic heterocycles. The fourth-order valence-electron chi connectivity index (χ4n) is 1.58. The van der Waals surface area contributed by atoms with Crippen molar-refractivity contribution in [3.63, 3.8) is 0 Å². The van der Waals surface area contributed by atoms with Crippen molar-refractivity contribution in [3.8, 4) is 0 Å². The predicted octanol–water partition coefficient (Wildman–Crippen LogP) is 2.76. The topological polar surface area (TPSA) is 81.1 Å². The van der Waals surface area contributed by atoms with E-state index in [0.29, 0.717) is 16.3 Å². The van der Waals surface area contributed by atoms with Gasteiger partial charge in [0.25, 0.3) is 0 Å². The lowest BCUT2D eigenvalue weighted by Crippen LogP contribution is -2.11. The van der Waals surface area contributed by atoms with Crippen LogP contribution in [-0.4, -0.2) is 5.91 Å². The second-order valence-corrected chi connectivity index (χ2v) is 4.22. The molecule has 5 heteroatoms. The maximum Gasteiger partial charge on any atom is 0.250 e. The van der Waals surface area contributed by atoms with Crippen LogP contribution in [0.3, 0.4) is 0 Å². The van der Waals surface area contributed by atoms with Gasteiger partial charge in [-0.15, -0.1) is 0 Å². The van der Waals surface area contributed by atoms with Gasteiger partial charge < -0.3 is 16.8 Å². The van der Waals surface area contributed by atoms with Crippen LogP contribution in [0.15, 0.2) is 42.5 Å². The van der Waals surface area contributed by atoms with Crippen LogP contribution in [-0.2, 0) is 0 Å². The first-order valence-corrected chi connectivity index (χ1v) is 5.66. The Morgan fingerprint density at radius 1 is 1.11 bits per heavy atom. The van der Waals surface area contributed by atoms with E-state index in [0.717, 1.165) is 11.4 Å². The summed E-state index contributed by atoms with van der Waals surface area (Å²) in [6.45, 7) is 0. The summed E-state index contributed by atoms with van der Waals surface area (Å²) in [6.07, 6.45) is 0. The number of amides is 1. The number of hydrogen-bond acceptors (Lipinski definition) is 3. The molecule has 2 aromatic carbocycles. The number of nitrogens with one attached hydrogen (secondary N) is 1. The number of nitrogens with two attached hydrogens (primary N) is 2. The second-order valence-electron chi connectivity index (χ2n) is 3.81. The Bertz CT molecular complexity index is 599. The first-order valence-electron chi connectivity index (χ1n) is 5.28. The molecule has 0 radical (unpaired) electrons. The fraction of sp³-hybridized carbons (Fsp3) is 0. The monoisotopic (exact) mass is 261 g/mol. The average molecular weight is 262 g/mol. The van der Waals surface area contributed by atoms with Gasteiger partial charge >= 0.3 is 0 Å². The third-order valence-corrected chi connectivity index (χ3v) is 2.72. The lowest BCUT2D eigenvalue weighted by atomic mass is 10.2. The number of primary amides is 1. The molecule has 0 atom stereocenters. The number of hydrogen-bond donors (Lipinski definition) is 3. The molecule has 4 nitrogen and oxygen atoms in total. The van der Waals surface area contributed by atoms with Crippen LogP contribution in [0.5, 0.6) is 0 Å². The summed E-state index contributed by atoms with van der Waals surface area (Å²) in [6, 6.07) is 12.3. The molecule has 0 bridgehead atoms. The number of nitrogen functional groups attached to an aromatic ring is 1. The van der Waals surface area contributed by atoms with Gasteiger partial charge in [0.05, 0.1) is 10.6 Å². The van der Waals surface area contributed by atoms with Gasteiger partial charge in [-0.3, -0.25) is 4.79 Å². The summed E-state index contributed by atoms with van der Waals surface area (Å²) >= 11 is 5.96. The normalized spacial score (nSPS) is 10.1. The maximum absolute atomic E-state index is 11.0. The van der Waals surface area contributed by atoms with Gasteiger partial charge in [0.1, 0.15) is 0 Å². The van der Waals surface area contributed by atoms with Crippen molar-refractivity contribution in [2.24, 2.45) is 5.73 Å². The van der Waals surface area contributed by atoms with Crippen LogP contribution in [0.1, 0.15) is 10.4 Å². The summed E-state index contributed by atoms with van der Waals surface area (Å²) in [7, 11) is 0. The van der Waals surface area contributed by atoms with Crippen molar-refractivity contribution in [1.29, 1.82) is 0 Å². The minimum absolute atomic E-state index is 0.301. The van der Waals surface area contributed by atoms with Gasteiger partial charge in [0.15, 0.2) is 0 Å². The van der Waals surface area contributed by atoms with E-state index in [1.54, 1.807) is 30.3 Å². The summed E-state index contributed by atoms with van der Waals surface area (Å²) in [4.78, 5) is 11.0. The molecule has 0 saturated heterocycles. The smallest absolute Gasteiger partial charge is 0.250 e. The summed E-state index contributed by atoms with van der Waals surface area (Å²) < 4.78 is 0. The fourth-order valence-corrected chi connectivity index (χ4v) is 1.85. The Morgan fingerprint density at radius 2 is 1.83 bits per heavy atom.